The summed E-state index contributed by atoms with van der Waals surface area (Å²) in [7, 11) is 0. The van der Waals surface area contributed by atoms with E-state index in [-0.39, 0.29) is 5.91 Å². The smallest absolute Gasteiger partial charge is 0.252 e. The van der Waals surface area contributed by atoms with E-state index in [0.717, 1.165) is 22.0 Å². The molecule has 0 saturated carbocycles. The van der Waals surface area contributed by atoms with Gasteiger partial charge in [0.1, 0.15) is 12.4 Å². The maximum atomic E-state index is 12.6. The number of rotatable bonds is 8. The maximum Gasteiger partial charge on any atom is 0.252 e. The van der Waals surface area contributed by atoms with Gasteiger partial charge in [0.25, 0.3) is 5.91 Å². The Morgan fingerprint density at radius 3 is 2.44 bits per heavy atom. The van der Waals surface area contributed by atoms with E-state index in [0.29, 0.717) is 18.7 Å². The summed E-state index contributed by atoms with van der Waals surface area (Å²) in [6, 6.07) is 25.8. The Bertz CT molecular complexity index is 880. The van der Waals surface area contributed by atoms with Crippen molar-refractivity contribution in [1.29, 1.82) is 0 Å². The van der Waals surface area contributed by atoms with Crippen molar-refractivity contribution < 1.29 is 9.53 Å². The minimum absolute atomic E-state index is 0.0699. The molecule has 3 aromatic rings. The lowest BCUT2D eigenvalue weighted by Crippen LogP contribution is -2.28. The fourth-order valence-corrected chi connectivity index (χ4v) is 3.66. The van der Waals surface area contributed by atoms with Gasteiger partial charge in [-0.05, 0) is 36.2 Å². The molecule has 1 N–H and O–H groups in total. The molecule has 1 amide bonds. The van der Waals surface area contributed by atoms with Crippen molar-refractivity contribution in [2.45, 2.75) is 17.6 Å². The van der Waals surface area contributed by atoms with Crippen molar-refractivity contribution >= 4 is 17.7 Å². The maximum absolute atomic E-state index is 12.6. The Kier molecular flexibility index (Phi) is 6.94. The van der Waals surface area contributed by atoms with E-state index >= 15 is 0 Å². The second kappa shape index (κ2) is 9.83. The molecule has 0 aliphatic carbocycles. The van der Waals surface area contributed by atoms with Crippen LogP contribution in [0, 0.1) is 6.92 Å². The Morgan fingerprint density at radius 2 is 1.63 bits per heavy atom. The minimum Gasteiger partial charge on any atom is -0.491 e. The number of carbonyl (C=O) groups excluding carboxylic acids is 1. The van der Waals surface area contributed by atoms with Crippen molar-refractivity contribution in [1.82, 2.24) is 5.32 Å². The van der Waals surface area contributed by atoms with Crippen LogP contribution >= 0.6 is 11.8 Å². The number of hydrogen-bond donors (Lipinski definition) is 1. The molecule has 0 spiro atoms. The molecule has 0 aliphatic heterocycles. The number of aryl methyl sites for hydroxylation is 1. The molecule has 0 fully saturated rings. The largest absolute Gasteiger partial charge is 0.491 e. The first-order valence-corrected chi connectivity index (χ1v) is 9.95. The molecule has 0 aromatic heterocycles. The van der Waals surface area contributed by atoms with E-state index in [9.17, 15) is 4.79 Å². The normalized spacial score (nSPS) is 10.4. The standard InChI is InChI=1S/C23H23NO2S/c1-18-9-5-7-13-21(18)26-16-15-24-23(25)20-12-6-8-14-22(20)27-17-19-10-3-2-4-11-19/h2-14H,15-17H2,1H3,(H,24,25). The van der Waals surface area contributed by atoms with Gasteiger partial charge in [0.2, 0.25) is 0 Å². The first-order valence-electron chi connectivity index (χ1n) is 8.96. The topological polar surface area (TPSA) is 38.3 Å². The van der Waals surface area contributed by atoms with E-state index in [1.807, 2.05) is 73.7 Å². The SMILES string of the molecule is Cc1ccccc1OCCNC(=O)c1ccccc1SCc1ccccc1. The summed E-state index contributed by atoms with van der Waals surface area (Å²) in [5.74, 6) is 1.62. The summed E-state index contributed by atoms with van der Waals surface area (Å²) in [5, 5.41) is 2.95. The number of nitrogens with one attached hydrogen (secondary N) is 1. The highest BCUT2D eigenvalue weighted by Gasteiger charge is 2.11. The highest BCUT2D eigenvalue weighted by Crippen LogP contribution is 2.26. The molecule has 138 valence electrons. The number of thioether (sulfide) groups is 1. The molecule has 3 nitrogen and oxygen atoms in total. The second-order valence-electron chi connectivity index (χ2n) is 6.14. The second-order valence-corrected chi connectivity index (χ2v) is 7.16. The van der Waals surface area contributed by atoms with Gasteiger partial charge in [-0.25, -0.2) is 0 Å². The molecule has 0 aliphatic rings. The average Bonchev–Trinajstić information content (AvgIpc) is 2.71. The third-order valence-electron chi connectivity index (χ3n) is 4.11. The third-order valence-corrected chi connectivity index (χ3v) is 5.25. The Morgan fingerprint density at radius 1 is 0.926 bits per heavy atom. The van der Waals surface area contributed by atoms with Crippen molar-refractivity contribution in [3.05, 3.63) is 95.6 Å². The van der Waals surface area contributed by atoms with E-state index in [1.54, 1.807) is 11.8 Å². The van der Waals surface area contributed by atoms with E-state index in [4.69, 9.17) is 4.74 Å². The van der Waals surface area contributed by atoms with E-state index in [1.165, 1.54) is 5.56 Å². The molecule has 0 saturated heterocycles. The van der Waals surface area contributed by atoms with Crippen LogP contribution in [0.3, 0.4) is 0 Å². The lowest BCUT2D eigenvalue weighted by molar-refractivity contribution is 0.0944. The van der Waals surface area contributed by atoms with Gasteiger partial charge in [0.05, 0.1) is 12.1 Å². The van der Waals surface area contributed by atoms with Crippen LogP contribution in [0.15, 0.2) is 83.8 Å². The lowest BCUT2D eigenvalue weighted by atomic mass is 10.2. The monoisotopic (exact) mass is 377 g/mol. The van der Waals surface area contributed by atoms with Gasteiger partial charge in [-0.2, -0.15) is 0 Å². The molecular formula is C23H23NO2S. The van der Waals surface area contributed by atoms with E-state index in [2.05, 4.69) is 17.4 Å². The van der Waals surface area contributed by atoms with Crippen molar-refractivity contribution in [3.8, 4) is 5.75 Å². The molecule has 4 heteroatoms. The summed E-state index contributed by atoms with van der Waals surface area (Å²) in [6.45, 7) is 2.91. The number of benzene rings is 3. The molecule has 0 radical (unpaired) electrons. The summed E-state index contributed by atoms with van der Waals surface area (Å²) in [5.41, 5.74) is 3.03. The Labute approximate surface area is 164 Å². The summed E-state index contributed by atoms with van der Waals surface area (Å²) in [6.07, 6.45) is 0. The summed E-state index contributed by atoms with van der Waals surface area (Å²) >= 11 is 1.67. The van der Waals surface area contributed by atoms with Gasteiger partial charge in [0, 0.05) is 10.6 Å². The van der Waals surface area contributed by atoms with E-state index < -0.39 is 0 Å². The molecule has 27 heavy (non-hydrogen) atoms. The average molecular weight is 378 g/mol. The molecule has 3 aromatic carbocycles. The zero-order chi connectivity index (χ0) is 18.9. The predicted molar refractivity (Wildman–Crippen MR) is 111 cm³/mol. The van der Waals surface area contributed by atoms with Crippen LogP contribution in [0.4, 0.5) is 0 Å². The zero-order valence-corrected chi connectivity index (χ0v) is 16.2. The summed E-state index contributed by atoms with van der Waals surface area (Å²) in [4.78, 5) is 13.6. The van der Waals surface area contributed by atoms with Crippen LogP contribution in [0.25, 0.3) is 0 Å². The highest BCUT2D eigenvalue weighted by atomic mass is 32.2. The van der Waals surface area contributed by atoms with Crippen LogP contribution in [-0.2, 0) is 5.75 Å². The quantitative estimate of drug-likeness (QED) is 0.439. The van der Waals surface area contributed by atoms with Gasteiger partial charge in [-0.15, -0.1) is 11.8 Å². The molecule has 0 atom stereocenters. The van der Waals surface area contributed by atoms with Crippen LogP contribution in [0.5, 0.6) is 5.75 Å². The Balaban J connectivity index is 1.53. The van der Waals surface area contributed by atoms with Gasteiger partial charge >= 0.3 is 0 Å². The van der Waals surface area contributed by atoms with Gasteiger partial charge in [-0.1, -0.05) is 60.7 Å². The van der Waals surface area contributed by atoms with Gasteiger partial charge < -0.3 is 10.1 Å². The fourth-order valence-electron chi connectivity index (χ4n) is 2.65. The van der Waals surface area contributed by atoms with Crippen LogP contribution in [0.2, 0.25) is 0 Å². The zero-order valence-electron chi connectivity index (χ0n) is 15.4. The molecule has 3 rings (SSSR count). The highest BCUT2D eigenvalue weighted by molar-refractivity contribution is 7.98. The molecule has 0 unspecified atom stereocenters. The molecule has 0 heterocycles. The fraction of sp³-hybridized carbons (Fsp3) is 0.174. The summed E-state index contributed by atoms with van der Waals surface area (Å²) < 4.78 is 5.74. The third kappa shape index (κ3) is 5.63. The van der Waals surface area contributed by atoms with Gasteiger partial charge in [-0.3, -0.25) is 4.79 Å². The first kappa shape index (κ1) is 19.1. The number of carbonyl (C=O) groups is 1. The van der Waals surface area contributed by atoms with Crippen LogP contribution < -0.4 is 10.1 Å². The Hall–Kier alpha value is -2.72. The molecular weight excluding hydrogens is 354 g/mol. The van der Waals surface area contributed by atoms with Crippen LogP contribution in [0.1, 0.15) is 21.5 Å². The lowest BCUT2D eigenvalue weighted by Gasteiger charge is -2.11. The number of hydrogen-bond acceptors (Lipinski definition) is 3. The predicted octanol–water partition coefficient (Wildman–Crippen LogP) is 5.10. The van der Waals surface area contributed by atoms with Crippen molar-refractivity contribution in [2.75, 3.05) is 13.2 Å². The number of amides is 1. The number of para-hydroxylation sites is 1. The first-order chi connectivity index (χ1) is 13.2. The molecule has 0 bridgehead atoms. The van der Waals surface area contributed by atoms with Gasteiger partial charge in [0.15, 0.2) is 0 Å². The van der Waals surface area contributed by atoms with Crippen LogP contribution in [-0.4, -0.2) is 19.1 Å². The minimum atomic E-state index is -0.0699. The number of ether oxygens (including phenoxy) is 1. The van der Waals surface area contributed by atoms with Crippen molar-refractivity contribution in [3.63, 3.8) is 0 Å². The van der Waals surface area contributed by atoms with Crippen molar-refractivity contribution in [2.24, 2.45) is 0 Å².